The van der Waals surface area contributed by atoms with Crippen molar-refractivity contribution in [3.63, 3.8) is 0 Å². The van der Waals surface area contributed by atoms with Crippen molar-refractivity contribution in [1.82, 2.24) is 20.0 Å². The number of urea groups is 1. The van der Waals surface area contributed by atoms with Gasteiger partial charge in [-0.1, -0.05) is 29.8 Å². The largest absolute Gasteiger partial charge is 0.325 e. The van der Waals surface area contributed by atoms with E-state index in [1.807, 2.05) is 0 Å². The molecule has 6 heteroatoms. The normalized spacial score (nSPS) is 21.6. The third-order valence-electron chi connectivity index (χ3n) is 5.04. The van der Waals surface area contributed by atoms with E-state index in [2.05, 4.69) is 46.3 Å². The number of rotatable bonds is 5. The highest BCUT2D eigenvalue weighted by molar-refractivity contribution is 6.06. The van der Waals surface area contributed by atoms with Crippen LogP contribution < -0.4 is 5.32 Å². The lowest BCUT2D eigenvalue weighted by atomic mass is 10.1. The molecule has 2 aliphatic heterocycles. The Kier molecular flexibility index (Phi) is 5.11. The van der Waals surface area contributed by atoms with Crippen LogP contribution in [0.4, 0.5) is 4.79 Å². The summed E-state index contributed by atoms with van der Waals surface area (Å²) >= 11 is 0. The molecule has 0 saturated carbocycles. The van der Waals surface area contributed by atoms with Crippen LogP contribution in [0.5, 0.6) is 0 Å². The molecule has 0 spiro atoms. The molecule has 0 unspecified atom stereocenters. The van der Waals surface area contributed by atoms with Crippen LogP contribution in [-0.2, 0) is 11.3 Å². The Morgan fingerprint density at radius 1 is 1.04 bits per heavy atom. The molecule has 136 valence electrons. The van der Waals surface area contributed by atoms with Gasteiger partial charge in [-0.15, -0.1) is 0 Å². The molecule has 0 aromatic heterocycles. The van der Waals surface area contributed by atoms with Crippen molar-refractivity contribution < 1.29 is 9.59 Å². The molecule has 0 bridgehead atoms. The van der Waals surface area contributed by atoms with Crippen LogP contribution in [0.15, 0.2) is 24.3 Å². The van der Waals surface area contributed by atoms with Gasteiger partial charge < -0.3 is 5.32 Å². The first-order valence-electron chi connectivity index (χ1n) is 8.99. The molecule has 25 heavy (non-hydrogen) atoms. The molecule has 2 saturated heterocycles. The van der Waals surface area contributed by atoms with E-state index in [0.717, 1.165) is 39.3 Å². The number of amides is 3. The average molecular weight is 344 g/mol. The smallest absolute Gasteiger partial charge is 0.324 e. The van der Waals surface area contributed by atoms with E-state index in [-0.39, 0.29) is 11.9 Å². The van der Waals surface area contributed by atoms with E-state index in [1.54, 1.807) is 13.8 Å². The predicted molar refractivity (Wildman–Crippen MR) is 97.2 cm³/mol. The molecule has 0 atom stereocenters. The van der Waals surface area contributed by atoms with Crippen LogP contribution in [0.25, 0.3) is 0 Å². The van der Waals surface area contributed by atoms with Crippen molar-refractivity contribution in [2.45, 2.75) is 32.9 Å². The second-order valence-electron chi connectivity index (χ2n) is 7.62. The Hall–Kier alpha value is -1.92. The summed E-state index contributed by atoms with van der Waals surface area (Å²) in [6.45, 7) is 11.8. The quantitative estimate of drug-likeness (QED) is 0.822. The summed E-state index contributed by atoms with van der Waals surface area (Å²) < 4.78 is 0. The second-order valence-corrected chi connectivity index (χ2v) is 7.62. The van der Waals surface area contributed by atoms with Crippen molar-refractivity contribution >= 4 is 11.9 Å². The summed E-state index contributed by atoms with van der Waals surface area (Å²) in [4.78, 5) is 30.3. The number of hydrogen-bond acceptors (Lipinski definition) is 4. The van der Waals surface area contributed by atoms with Gasteiger partial charge in [0, 0.05) is 45.8 Å². The van der Waals surface area contributed by atoms with Crippen LogP contribution in [0.2, 0.25) is 0 Å². The molecule has 6 nitrogen and oxygen atoms in total. The summed E-state index contributed by atoms with van der Waals surface area (Å²) in [5.41, 5.74) is 1.88. The van der Waals surface area contributed by atoms with Crippen molar-refractivity contribution in [1.29, 1.82) is 0 Å². The van der Waals surface area contributed by atoms with Gasteiger partial charge in [0.05, 0.1) is 0 Å². The first-order chi connectivity index (χ1) is 11.8. The van der Waals surface area contributed by atoms with Gasteiger partial charge in [0.15, 0.2) is 0 Å². The number of carbonyl (C=O) groups excluding carboxylic acids is 2. The Balaban J connectivity index is 1.44. The number of benzene rings is 1. The zero-order valence-electron chi connectivity index (χ0n) is 15.4. The molecule has 3 rings (SSSR count). The molecular formula is C19H28N4O2. The predicted octanol–water partition coefficient (Wildman–Crippen LogP) is 1.44. The molecule has 3 amide bonds. The van der Waals surface area contributed by atoms with Crippen LogP contribution >= 0.6 is 0 Å². The summed E-state index contributed by atoms with van der Waals surface area (Å²) in [5.74, 6) is -0.129. The summed E-state index contributed by atoms with van der Waals surface area (Å²) in [6, 6.07) is 8.39. The molecule has 1 aromatic carbocycles. The summed E-state index contributed by atoms with van der Waals surface area (Å²) in [7, 11) is 0. The minimum atomic E-state index is -0.774. The first-order valence-corrected chi connectivity index (χ1v) is 8.99. The lowest BCUT2D eigenvalue weighted by Gasteiger charge is -2.35. The molecule has 0 radical (unpaired) electrons. The maximum atomic E-state index is 12.2. The Bertz CT molecular complexity index is 651. The van der Waals surface area contributed by atoms with E-state index >= 15 is 0 Å². The summed E-state index contributed by atoms with van der Waals surface area (Å²) in [6.07, 6.45) is 0. The highest BCUT2D eigenvalue weighted by atomic mass is 16.2. The van der Waals surface area contributed by atoms with Gasteiger partial charge in [0.25, 0.3) is 5.91 Å². The van der Waals surface area contributed by atoms with Gasteiger partial charge >= 0.3 is 6.03 Å². The number of nitrogens with zero attached hydrogens (tertiary/aromatic N) is 3. The number of piperazine rings is 1. The van der Waals surface area contributed by atoms with E-state index < -0.39 is 5.54 Å². The van der Waals surface area contributed by atoms with Crippen molar-refractivity contribution in [3.8, 4) is 0 Å². The van der Waals surface area contributed by atoms with Crippen molar-refractivity contribution in [2.24, 2.45) is 0 Å². The number of imide groups is 1. The standard InChI is InChI=1S/C19H28N4O2/c1-15-5-4-6-16(13-15)14-22-9-7-21(8-10-22)11-12-23-17(24)19(2,3)20-18(23)25/h4-6,13H,7-12,14H2,1-3H3,(H,20,25). The number of aryl methyl sites for hydroxylation is 1. The number of hydrogen-bond donors (Lipinski definition) is 1. The minimum Gasteiger partial charge on any atom is -0.324 e. The molecular weight excluding hydrogens is 316 g/mol. The SMILES string of the molecule is Cc1cccc(CN2CCN(CCN3C(=O)NC(C)(C)C3=O)CC2)c1. The van der Waals surface area contributed by atoms with Gasteiger partial charge in [0.1, 0.15) is 5.54 Å². The first kappa shape index (κ1) is 17.9. The monoisotopic (exact) mass is 344 g/mol. The topological polar surface area (TPSA) is 55.9 Å². The minimum absolute atomic E-state index is 0.129. The molecule has 2 aliphatic rings. The van der Waals surface area contributed by atoms with Crippen LogP contribution in [-0.4, -0.2) is 71.4 Å². The third-order valence-corrected chi connectivity index (χ3v) is 5.04. The Morgan fingerprint density at radius 2 is 1.72 bits per heavy atom. The molecule has 2 heterocycles. The highest BCUT2D eigenvalue weighted by Gasteiger charge is 2.43. The second kappa shape index (κ2) is 7.14. The van der Waals surface area contributed by atoms with Crippen molar-refractivity contribution in [3.05, 3.63) is 35.4 Å². The Labute approximate surface area is 149 Å². The van der Waals surface area contributed by atoms with Crippen LogP contribution in [0.3, 0.4) is 0 Å². The number of nitrogens with one attached hydrogen (secondary N) is 1. The molecule has 2 fully saturated rings. The fraction of sp³-hybridized carbons (Fsp3) is 0.579. The van der Waals surface area contributed by atoms with E-state index in [9.17, 15) is 9.59 Å². The van der Waals surface area contributed by atoms with Gasteiger partial charge in [-0.3, -0.25) is 19.5 Å². The van der Waals surface area contributed by atoms with Crippen LogP contribution in [0, 0.1) is 6.92 Å². The maximum absolute atomic E-state index is 12.2. The Morgan fingerprint density at radius 3 is 2.32 bits per heavy atom. The van der Waals surface area contributed by atoms with Gasteiger partial charge in [-0.2, -0.15) is 0 Å². The fourth-order valence-corrected chi connectivity index (χ4v) is 3.50. The van der Waals surface area contributed by atoms with Gasteiger partial charge in [0.2, 0.25) is 0 Å². The van der Waals surface area contributed by atoms with Gasteiger partial charge in [-0.25, -0.2) is 4.79 Å². The van der Waals surface area contributed by atoms with E-state index in [0.29, 0.717) is 6.54 Å². The zero-order valence-corrected chi connectivity index (χ0v) is 15.4. The number of carbonyl (C=O) groups is 2. The molecule has 1 N–H and O–H groups in total. The van der Waals surface area contributed by atoms with E-state index in [1.165, 1.54) is 16.0 Å². The van der Waals surface area contributed by atoms with Crippen molar-refractivity contribution in [2.75, 3.05) is 39.3 Å². The highest BCUT2D eigenvalue weighted by Crippen LogP contribution is 2.16. The lowest BCUT2D eigenvalue weighted by Crippen LogP contribution is -2.49. The average Bonchev–Trinajstić information content (AvgIpc) is 2.75. The summed E-state index contributed by atoms with van der Waals surface area (Å²) in [5, 5.41) is 2.73. The van der Waals surface area contributed by atoms with Gasteiger partial charge in [-0.05, 0) is 26.3 Å². The maximum Gasteiger partial charge on any atom is 0.325 e. The zero-order chi connectivity index (χ0) is 18.0. The van der Waals surface area contributed by atoms with E-state index in [4.69, 9.17) is 0 Å². The fourth-order valence-electron chi connectivity index (χ4n) is 3.50. The molecule has 0 aliphatic carbocycles. The lowest BCUT2D eigenvalue weighted by molar-refractivity contribution is -0.130. The van der Waals surface area contributed by atoms with Crippen LogP contribution in [0.1, 0.15) is 25.0 Å². The third kappa shape index (κ3) is 4.19. The molecule has 1 aromatic rings.